The number of nitrogens with zero attached hydrogens (tertiary/aromatic N) is 2. The highest BCUT2D eigenvalue weighted by molar-refractivity contribution is 4.83. The van der Waals surface area contributed by atoms with Crippen LogP contribution in [0.3, 0.4) is 0 Å². The average molecular weight is 241 g/mol. The van der Waals surface area contributed by atoms with Crippen molar-refractivity contribution in [1.82, 2.24) is 9.80 Å². The molecule has 100 valence electrons. The van der Waals surface area contributed by atoms with E-state index in [1.165, 1.54) is 19.3 Å². The first-order chi connectivity index (χ1) is 8.33. The Balaban J connectivity index is 1.79. The van der Waals surface area contributed by atoms with Crippen LogP contribution in [0.15, 0.2) is 0 Å². The molecule has 1 saturated carbocycles. The second-order valence-electron chi connectivity index (χ2n) is 5.25. The van der Waals surface area contributed by atoms with Crippen LogP contribution < -0.4 is 5.73 Å². The monoisotopic (exact) mass is 241 g/mol. The molecule has 1 unspecified atom stereocenters. The van der Waals surface area contributed by atoms with Crippen LogP contribution in [0.1, 0.15) is 26.2 Å². The van der Waals surface area contributed by atoms with Crippen molar-refractivity contribution in [2.45, 2.75) is 38.3 Å². The van der Waals surface area contributed by atoms with Gasteiger partial charge in [-0.25, -0.2) is 0 Å². The van der Waals surface area contributed by atoms with Crippen LogP contribution in [-0.4, -0.2) is 67.8 Å². The maximum Gasteiger partial charge on any atom is 0.0829 e. The minimum Gasteiger partial charge on any atom is -0.374 e. The molecule has 2 aliphatic rings. The molecule has 1 heterocycles. The molecule has 0 amide bonds. The number of ether oxygens (including phenoxy) is 1. The summed E-state index contributed by atoms with van der Waals surface area (Å²) in [4.78, 5) is 5.03. The smallest absolute Gasteiger partial charge is 0.0829 e. The van der Waals surface area contributed by atoms with Gasteiger partial charge in [-0.1, -0.05) is 13.3 Å². The summed E-state index contributed by atoms with van der Waals surface area (Å²) in [6.07, 6.45) is 4.48. The van der Waals surface area contributed by atoms with E-state index in [9.17, 15) is 0 Å². The number of hydrogen-bond acceptors (Lipinski definition) is 4. The highest BCUT2D eigenvalue weighted by Crippen LogP contribution is 2.25. The van der Waals surface area contributed by atoms with E-state index in [1.807, 2.05) is 0 Å². The van der Waals surface area contributed by atoms with Crippen LogP contribution in [0.4, 0.5) is 0 Å². The number of morpholine rings is 1. The maximum atomic E-state index is 5.88. The molecule has 0 aromatic rings. The fraction of sp³-hybridized carbons (Fsp3) is 1.00. The first-order valence-electron chi connectivity index (χ1n) is 7.11. The average Bonchev–Trinajstić information content (AvgIpc) is 2.27. The molecule has 0 spiro atoms. The van der Waals surface area contributed by atoms with Crippen molar-refractivity contribution in [2.75, 3.05) is 45.9 Å². The van der Waals surface area contributed by atoms with Crippen LogP contribution in [0.2, 0.25) is 0 Å². The van der Waals surface area contributed by atoms with Crippen LogP contribution >= 0.6 is 0 Å². The van der Waals surface area contributed by atoms with E-state index in [1.54, 1.807) is 0 Å². The van der Waals surface area contributed by atoms with Gasteiger partial charge in [0.2, 0.25) is 0 Å². The van der Waals surface area contributed by atoms with E-state index in [4.69, 9.17) is 10.5 Å². The maximum absolute atomic E-state index is 5.88. The van der Waals surface area contributed by atoms with E-state index >= 15 is 0 Å². The molecule has 1 aliphatic heterocycles. The molecule has 4 heteroatoms. The third-order valence-electron chi connectivity index (χ3n) is 4.12. The Bertz CT molecular complexity index is 221. The van der Waals surface area contributed by atoms with Crippen molar-refractivity contribution >= 4 is 0 Å². The van der Waals surface area contributed by atoms with Crippen molar-refractivity contribution in [3.05, 3.63) is 0 Å². The summed E-state index contributed by atoms with van der Waals surface area (Å²) in [7, 11) is 0. The summed E-state index contributed by atoms with van der Waals surface area (Å²) >= 11 is 0. The molecule has 0 aromatic carbocycles. The Morgan fingerprint density at radius 1 is 1.41 bits per heavy atom. The molecule has 1 atom stereocenters. The Morgan fingerprint density at radius 3 is 2.82 bits per heavy atom. The van der Waals surface area contributed by atoms with Crippen LogP contribution in [0.5, 0.6) is 0 Å². The standard InChI is InChI=1S/C13H27N3O/c1-2-15-8-9-17-13(10-15)11-16(7-6-14)12-4-3-5-12/h12-13H,2-11,14H2,1H3. The fourth-order valence-electron chi connectivity index (χ4n) is 2.78. The molecule has 17 heavy (non-hydrogen) atoms. The van der Waals surface area contributed by atoms with Gasteiger partial charge in [0.15, 0.2) is 0 Å². The Kier molecular flexibility index (Phi) is 5.22. The molecule has 1 saturated heterocycles. The molecule has 2 rings (SSSR count). The van der Waals surface area contributed by atoms with E-state index in [0.717, 1.165) is 51.9 Å². The second kappa shape index (κ2) is 6.69. The third-order valence-corrected chi connectivity index (χ3v) is 4.12. The number of rotatable bonds is 6. The van der Waals surface area contributed by atoms with Crippen LogP contribution in [0, 0.1) is 0 Å². The first-order valence-corrected chi connectivity index (χ1v) is 7.11. The van der Waals surface area contributed by atoms with Gasteiger partial charge >= 0.3 is 0 Å². The zero-order chi connectivity index (χ0) is 12.1. The second-order valence-corrected chi connectivity index (χ2v) is 5.25. The molecule has 1 aliphatic carbocycles. The first kappa shape index (κ1) is 13.3. The summed E-state index contributed by atoms with van der Waals surface area (Å²) in [6, 6.07) is 0.777. The zero-order valence-corrected chi connectivity index (χ0v) is 11.1. The number of likely N-dealkylation sites (N-methyl/N-ethyl adjacent to an activating group) is 1. The Morgan fingerprint density at radius 2 is 2.24 bits per heavy atom. The summed E-state index contributed by atoms with van der Waals surface area (Å²) in [5, 5.41) is 0. The van der Waals surface area contributed by atoms with E-state index in [2.05, 4.69) is 16.7 Å². The normalized spacial score (nSPS) is 27.4. The molecule has 4 nitrogen and oxygen atoms in total. The zero-order valence-electron chi connectivity index (χ0n) is 11.1. The Hall–Kier alpha value is -0.160. The van der Waals surface area contributed by atoms with Gasteiger partial charge in [-0.2, -0.15) is 0 Å². The molecule has 2 N–H and O–H groups in total. The van der Waals surface area contributed by atoms with Gasteiger partial charge in [0.25, 0.3) is 0 Å². The van der Waals surface area contributed by atoms with E-state index < -0.39 is 0 Å². The van der Waals surface area contributed by atoms with Crippen LogP contribution in [-0.2, 0) is 4.74 Å². The lowest BCUT2D eigenvalue weighted by atomic mass is 9.91. The minimum atomic E-state index is 0.385. The summed E-state index contributed by atoms with van der Waals surface area (Å²) in [5.41, 5.74) is 5.71. The molecular weight excluding hydrogens is 214 g/mol. The van der Waals surface area contributed by atoms with Crippen molar-refractivity contribution in [2.24, 2.45) is 5.73 Å². The highest BCUT2D eigenvalue weighted by atomic mass is 16.5. The molecule has 2 fully saturated rings. The quantitative estimate of drug-likeness (QED) is 0.736. The van der Waals surface area contributed by atoms with Gasteiger partial charge in [0, 0.05) is 38.8 Å². The van der Waals surface area contributed by atoms with Gasteiger partial charge in [0.1, 0.15) is 0 Å². The topological polar surface area (TPSA) is 41.7 Å². The van der Waals surface area contributed by atoms with Gasteiger partial charge in [-0.15, -0.1) is 0 Å². The fourth-order valence-corrected chi connectivity index (χ4v) is 2.78. The lowest BCUT2D eigenvalue weighted by molar-refractivity contribution is -0.0516. The van der Waals surface area contributed by atoms with Crippen molar-refractivity contribution in [1.29, 1.82) is 0 Å². The van der Waals surface area contributed by atoms with Gasteiger partial charge in [0.05, 0.1) is 12.7 Å². The molecule has 0 aromatic heterocycles. The summed E-state index contributed by atoms with van der Waals surface area (Å²) < 4.78 is 5.88. The number of nitrogens with two attached hydrogens (primary N) is 1. The van der Waals surface area contributed by atoms with Crippen molar-refractivity contribution in [3.8, 4) is 0 Å². The Labute approximate surface area is 105 Å². The van der Waals surface area contributed by atoms with Crippen LogP contribution in [0.25, 0.3) is 0 Å². The molecular formula is C13H27N3O. The largest absolute Gasteiger partial charge is 0.374 e. The predicted molar refractivity (Wildman–Crippen MR) is 70.1 cm³/mol. The third kappa shape index (κ3) is 3.65. The summed E-state index contributed by atoms with van der Waals surface area (Å²) in [5.74, 6) is 0. The van der Waals surface area contributed by atoms with Gasteiger partial charge in [-0.05, 0) is 19.4 Å². The van der Waals surface area contributed by atoms with Gasteiger partial charge in [-0.3, -0.25) is 9.80 Å². The van der Waals surface area contributed by atoms with E-state index in [0.29, 0.717) is 6.10 Å². The highest BCUT2D eigenvalue weighted by Gasteiger charge is 2.28. The predicted octanol–water partition coefficient (Wildman–Crippen LogP) is 0.520. The van der Waals surface area contributed by atoms with E-state index in [-0.39, 0.29) is 0 Å². The SMILES string of the molecule is CCN1CCOC(CN(CCN)C2CCC2)C1. The molecule has 0 bridgehead atoms. The lowest BCUT2D eigenvalue weighted by Crippen LogP contribution is -2.52. The number of hydrogen-bond donors (Lipinski definition) is 1. The summed E-state index contributed by atoms with van der Waals surface area (Å²) in [6.45, 7) is 9.29. The van der Waals surface area contributed by atoms with Crippen molar-refractivity contribution < 1.29 is 4.74 Å². The lowest BCUT2D eigenvalue weighted by Gasteiger charge is -2.41. The molecule has 0 radical (unpaired) electrons. The minimum absolute atomic E-state index is 0.385. The van der Waals surface area contributed by atoms with Crippen molar-refractivity contribution in [3.63, 3.8) is 0 Å². The van der Waals surface area contributed by atoms with Gasteiger partial charge < -0.3 is 10.5 Å².